The number of ether oxygens (including phenoxy) is 1. The number of hydrogen-bond donors (Lipinski definition) is 1. The van der Waals surface area contributed by atoms with Crippen LogP contribution in [-0.2, 0) is 17.9 Å². The second kappa shape index (κ2) is 7.31. The zero-order chi connectivity index (χ0) is 20.6. The van der Waals surface area contributed by atoms with E-state index >= 15 is 0 Å². The molecule has 0 saturated heterocycles. The Kier molecular flexibility index (Phi) is 4.81. The van der Waals surface area contributed by atoms with Crippen molar-refractivity contribution in [3.63, 3.8) is 0 Å². The van der Waals surface area contributed by atoms with Crippen LogP contribution in [0.1, 0.15) is 39.1 Å². The van der Waals surface area contributed by atoms with Crippen molar-refractivity contribution in [1.29, 1.82) is 0 Å². The average Bonchev–Trinajstić information content (AvgIpc) is 3.31. The lowest BCUT2D eigenvalue weighted by molar-refractivity contribution is 0.244. The van der Waals surface area contributed by atoms with E-state index in [4.69, 9.17) is 4.74 Å². The highest BCUT2D eigenvalue weighted by Gasteiger charge is 2.37. The largest absolute Gasteiger partial charge is 0.468 e. The molecule has 0 radical (unpaired) electrons. The fourth-order valence-corrected chi connectivity index (χ4v) is 3.26. The fourth-order valence-electron chi connectivity index (χ4n) is 3.26. The molecule has 0 bridgehead atoms. The number of aryl methyl sites for hydroxylation is 1. The first-order valence-electron chi connectivity index (χ1n) is 9.56. The minimum atomic E-state index is -0.354. The molecule has 0 spiro atoms. The molecule has 3 heterocycles. The molecule has 1 aromatic carbocycles. The molecule has 1 unspecified atom stereocenters. The Morgan fingerprint density at radius 3 is 2.76 bits per heavy atom. The van der Waals surface area contributed by atoms with Crippen molar-refractivity contribution in [2.45, 2.75) is 47.0 Å². The van der Waals surface area contributed by atoms with E-state index in [0.29, 0.717) is 29.7 Å². The predicted molar refractivity (Wildman–Crippen MR) is 107 cm³/mol. The van der Waals surface area contributed by atoms with Gasteiger partial charge in [-0.1, -0.05) is 32.9 Å². The van der Waals surface area contributed by atoms with Gasteiger partial charge in [-0.25, -0.2) is 19.1 Å². The summed E-state index contributed by atoms with van der Waals surface area (Å²) in [4.78, 5) is 4.25. The molecule has 0 amide bonds. The van der Waals surface area contributed by atoms with E-state index in [9.17, 15) is 4.39 Å². The summed E-state index contributed by atoms with van der Waals surface area (Å²) >= 11 is 0. The summed E-state index contributed by atoms with van der Waals surface area (Å²) in [5.41, 5.74) is 4.15. The Labute approximate surface area is 168 Å². The number of halogens is 1. The van der Waals surface area contributed by atoms with Crippen LogP contribution in [0, 0.1) is 11.2 Å². The molecule has 1 N–H and O–H groups in total. The van der Waals surface area contributed by atoms with Crippen molar-refractivity contribution in [2.75, 3.05) is 0 Å². The minimum absolute atomic E-state index is 0.203. The predicted octanol–water partition coefficient (Wildman–Crippen LogP) is 2.85. The lowest BCUT2D eigenvalue weighted by Gasteiger charge is -2.32. The van der Waals surface area contributed by atoms with Crippen LogP contribution in [0.15, 0.2) is 52.4 Å². The summed E-state index contributed by atoms with van der Waals surface area (Å²) in [7, 11) is 0. The lowest BCUT2D eigenvalue weighted by Crippen LogP contribution is -2.42. The number of rotatable bonds is 4. The van der Waals surface area contributed by atoms with Gasteiger partial charge in [0.2, 0.25) is 5.90 Å². The summed E-state index contributed by atoms with van der Waals surface area (Å²) in [6.45, 7) is 9.21. The van der Waals surface area contributed by atoms with Gasteiger partial charge in [0, 0.05) is 12.1 Å². The molecule has 0 aliphatic carbocycles. The summed E-state index contributed by atoms with van der Waals surface area (Å²) in [6, 6.07) is 6.51. The lowest BCUT2D eigenvalue weighted by atomic mass is 9.85. The van der Waals surface area contributed by atoms with Gasteiger partial charge in [-0.05, 0) is 30.5 Å². The average molecular weight is 397 g/mol. The van der Waals surface area contributed by atoms with Crippen LogP contribution in [0.25, 0.3) is 0 Å². The minimum Gasteiger partial charge on any atom is -0.468 e. The van der Waals surface area contributed by atoms with Crippen molar-refractivity contribution >= 4 is 11.7 Å². The molecular formula is C20H24FN7O. The number of hydrazone groups is 2. The van der Waals surface area contributed by atoms with Gasteiger partial charge in [0.25, 0.3) is 0 Å². The number of amidine groups is 1. The monoisotopic (exact) mass is 397 g/mol. The normalized spacial score (nSPS) is 18.6. The maximum atomic E-state index is 14.3. The Hall–Kier alpha value is -3.23. The maximum Gasteiger partial charge on any atom is 0.235 e. The van der Waals surface area contributed by atoms with Crippen LogP contribution in [0.5, 0.6) is 0 Å². The Balaban J connectivity index is 1.65. The highest BCUT2D eigenvalue weighted by atomic mass is 19.1. The topological polar surface area (TPSA) is 79.9 Å². The van der Waals surface area contributed by atoms with Gasteiger partial charge in [-0.2, -0.15) is 10.2 Å². The van der Waals surface area contributed by atoms with Crippen molar-refractivity contribution in [3.8, 4) is 0 Å². The molecule has 2 aliphatic heterocycles. The molecule has 2 aromatic rings. The Bertz CT molecular complexity index is 1000. The highest BCUT2D eigenvalue weighted by Crippen LogP contribution is 2.32. The van der Waals surface area contributed by atoms with Crippen LogP contribution < -0.4 is 5.43 Å². The van der Waals surface area contributed by atoms with Gasteiger partial charge in [0.15, 0.2) is 17.8 Å². The molecule has 2 aliphatic rings. The molecule has 0 saturated carbocycles. The van der Waals surface area contributed by atoms with Gasteiger partial charge < -0.3 is 4.74 Å². The first-order chi connectivity index (χ1) is 13.9. The van der Waals surface area contributed by atoms with Crippen LogP contribution in [0.3, 0.4) is 0 Å². The second-order valence-electron chi connectivity index (χ2n) is 7.85. The van der Waals surface area contributed by atoms with E-state index in [2.05, 4.69) is 46.5 Å². The number of aromatic nitrogens is 3. The molecule has 0 fully saturated rings. The van der Waals surface area contributed by atoms with Gasteiger partial charge in [0.1, 0.15) is 18.8 Å². The third-order valence-electron chi connectivity index (χ3n) is 4.79. The molecule has 1 atom stereocenters. The van der Waals surface area contributed by atoms with E-state index in [0.717, 1.165) is 5.57 Å². The number of nitrogens with one attached hydrogen (secondary N) is 1. The van der Waals surface area contributed by atoms with Crippen LogP contribution in [0.2, 0.25) is 0 Å². The van der Waals surface area contributed by atoms with Gasteiger partial charge in [-0.15, -0.1) is 5.10 Å². The number of nitrogens with zero attached hydrogens (tertiary/aromatic N) is 6. The van der Waals surface area contributed by atoms with Crippen LogP contribution in [0.4, 0.5) is 4.39 Å². The SMILES string of the molecule is CCn1ncnc1COC1=NN2C(c3ccccc3F)=NNC2C=C1C(C)(C)C. The summed E-state index contributed by atoms with van der Waals surface area (Å²) in [6.07, 6.45) is 3.23. The third-order valence-corrected chi connectivity index (χ3v) is 4.79. The zero-order valence-electron chi connectivity index (χ0n) is 16.9. The van der Waals surface area contributed by atoms with Crippen molar-refractivity contribution in [1.82, 2.24) is 25.2 Å². The van der Waals surface area contributed by atoms with E-state index in [1.807, 2.05) is 13.0 Å². The van der Waals surface area contributed by atoms with Crippen LogP contribution in [-0.4, -0.2) is 37.7 Å². The Morgan fingerprint density at radius 1 is 1.24 bits per heavy atom. The Morgan fingerprint density at radius 2 is 2.03 bits per heavy atom. The quantitative estimate of drug-likeness (QED) is 0.858. The fraction of sp³-hybridized carbons (Fsp3) is 0.400. The molecule has 8 nitrogen and oxygen atoms in total. The molecule has 4 rings (SSSR count). The molecule has 29 heavy (non-hydrogen) atoms. The van der Waals surface area contributed by atoms with Gasteiger partial charge >= 0.3 is 0 Å². The van der Waals surface area contributed by atoms with Crippen molar-refractivity contribution in [3.05, 3.63) is 59.4 Å². The number of benzene rings is 1. The summed E-state index contributed by atoms with van der Waals surface area (Å²) in [5, 5.41) is 14.8. The first kappa shape index (κ1) is 19.1. The standard InChI is InChI=1S/C20H24FN7O/c1-5-27-17(22-12-23-27)11-29-19-14(20(2,3)4)10-16-24-25-18(28(16)26-19)13-8-6-7-9-15(13)21/h6-10,12,16,24H,5,11H2,1-4H3. The first-order valence-corrected chi connectivity index (χ1v) is 9.56. The van der Waals surface area contributed by atoms with E-state index in [-0.39, 0.29) is 24.0 Å². The third kappa shape index (κ3) is 3.59. The smallest absolute Gasteiger partial charge is 0.235 e. The number of hydrogen-bond acceptors (Lipinski definition) is 7. The molecular weight excluding hydrogens is 373 g/mol. The zero-order valence-corrected chi connectivity index (χ0v) is 16.9. The number of fused-ring (bicyclic) bond motifs is 1. The van der Waals surface area contributed by atoms with Gasteiger partial charge in [0.05, 0.1) is 5.56 Å². The van der Waals surface area contributed by atoms with E-state index in [1.54, 1.807) is 27.9 Å². The van der Waals surface area contributed by atoms with Crippen LogP contribution >= 0.6 is 0 Å². The van der Waals surface area contributed by atoms with Crippen molar-refractivity contribution < 1.29 is 9.13 Å². The second-order valence-corrected chi connectivity index (χ2v) is 7.85. The maximum absolute atomic E-state index is 14.3. The molecule has 1 aromatic heterocycles. The van der Waals surface area contributed by atoms with E-state index < -0.39 is 0 Å². The van der Waals surface area contributed by atoms with E-state index in [1.165, 1.54) is 12.4 Å². The van der Waals surface area contributed by atoms with Gasteiger partial charge in [-0.3, -0.25) is 5.43 Å². The molecule has 9 heteroatoms. The summed E-state index contributed by atoms with van der Waals surface area (Å²) < 4.78 is 22.2. The summed E-state index contributed by atoms with van der Waals surface area (Å²) in [5.74, 6) is 1.24. The van der Waals surface area contributed by atoms with Crippen molar-refractivity contribution in [2.24, 2.45) is 15.6 Å². The molecule has 152 valence electrons. The highest BCUT2D eigenvalue weighted by molar-refractivity contribution is 6.03.